The second-order valence-corrected chi connectivity index (χ2v) is 14.0. The molecule has 0 aliphatic carbocycles. The predicted octanol–water partition coefficient (Wildman–Crippen LogP) is 3.77. The minimum Gasteiger partial charge on any atom is -0.407 e. The summed E-state index contributed by atoms with van der Waals surface area (Å²) in [6.07, 6.45) is 2.51. The molecule has 0 spiro atoms. The van der Waals surface area contributed by atoms with Crippen molar-refractivity contribution in [3.63, 3.8) is 0 Å². The monoisotopic (exact) mass is 469 g/mol. The number of hydrogen-bond donors (Lipinski definition) is 1. The lowest BCUT2D eigenvalue weighted by Gasteiger charge is -2.44. The van der Waals surface area contributed by atoms with Crippen LogP contribution in [0.3, 0.4) is 0 Å². The Balaban J connectivity index is 2.29. The molecule has 0 aliphatic heterocycles. The first kappa shape index (κ1) is 27.0. The van der Waals surface area contributed by atoms with Crippen molar-refractivity contribution >= 4 is 24.6 Å². The average Bonchev–Trinajstić information content (AvgIpc) is 2.81. The number of nitrogens with zero attached hydrogens (tertiary/aromatic N) is 1. The molecular weight excluding hydrogens is 430 g/mol. The van der Waals surface area contributed by atoms with E-state index < -0.39 is 14.4 Å². The Morgan fingerprint density at radius 1 is 1.03 bits per heavy atom. The fourth-order valence-corrected chi connectivity index (χ4v) is 8.85. The molecule has 2 aromatic rings. The van der Waals surface area contributed by atoms with Gasteiger partial charge in [-0.3, -0.25) is 9.63 Å². The fraction of sp³-hybridized carbons (Fsp3) is 0.444. The molecule has 0 unspecified atom stereocenters. The Hall–Kier alpha value is -2.25. The number of rotatable bonds is 10. The summed E-state index contributed by atoms with van der Waals surface area (Å²) in [7, 11) is 0.333. The van der Waals surface area contributed by atoms with Crippen LogP contribution >= 0.6 is 0 Å². The molecule has 0 aromatic heterocycles. The van der Waals surface area contributed by atoms with Gasteiger partial charge in [-0.1, -0.05) is 101 Å². The van der Waals surface area contributed by atoms with Crippen LogP contribution in [0.2, 0.25) is 5.04 Å². The van der Waals surface area contributed by atoms with Gasteiger partial charge in [0.2, 0.25) is 0 Å². The molecule has 0 saturated carbocycles. The minimum atomic E-state index is -2.66. The highest BCUT2D eigenvalue weighted by molar-refractivity contribution is 6.99. The van der Waals surface area contributed by atoms with Gasteiger partial charge in [0.25, 0.3) is 14.2 Å². The number of likely N-dealkylation sites (N-methyl/N-ethyl adjacent to an activating group) is 1. The largest absolute Gasteiger partial charge is 0.407 e. The van der Waals surface area contributed by atoms with Crippen LogP contribution in [0.4, 0.5) is 0 Å². The number of aliphatic hydroxyl groups is 1. The maximum atomic E-state index is 12.0. The normalized spacial score (nSPS) is 15.3. The van der Waals surface area contributed by atoms with E-state index in [0.29, 0.717) is 6.61 Å². The van der Waals surface area contributed by atoms with Gasteiger partial charge < -0.3 is 9.53 Å². The van der Waals surface area contributed by atoms with E-state index >= 15 is 0 Å². The van der Waals surface area contributed by atoms with E-state index in [1.165, 1.54) is 23.6 Å². The first-order valence-electron chi connectivity index (χ1n) is 11.5. The smallest absolute Gasteiger partial charge is 0.269 e. The van der Waals surface area contributed by atoms with Crippen molar-refractivity contribution in [1.29, 1.82) is 0 Å². The summed E-state index contributed by atoms with van der Waals surface area (Å²) in [6, 6.07) is 21.0. The lowest BCUT2D eigenvalue weighted by molar-refractivity contribution is -0.162. The van der Waals surface area contributed by atoms with Gasteiger partial charge >= 0.3 is 0 Å². The molecule has 0 heterocycles. The van der Waals surface area contributed by atoms with Crippen molar-refractivity contribution in [3.05, 3.63) is 72.8 Å². The van der Waals surface area contributed by atoms with E-state index in [1.807, 2.05) is 26.0 Å². The van der Waals surface area contributed by atoms with E-state index in [1.54, 1.807) is 13.1 Å². The summed E-state index contributed by atoms with van der Waals surface area (Å²) < 4.78 is 6.94. The van der Waals surface area contributed by atoms with Crippen LogP contribution in [0.1, 0.15) is 34.6 Å². The Bertz CT molecular complexity index is 856. The van der Waals surface area contributed by atoms with Gasteiger partial charge in [0.15, 0.2) is 0 Å². The van der Waals surface area contributed by atoms with Gasteiger partial charge in [-0.05, 0) is 15.4 Å². The third kappa shape index (κ3) is 6.42. The quantitative estimate of drug-likeness (QED) is 0.327. The summed E-state index contributed by atoms with van der Waals surface area (Å²) in [5.41, 5.74) is 0. The Labute approximate surface area is 200 Å². The lowest BCUT2D eigenvalue weighted by atomic mass is 9.94. The molecule has 0 aliphatic rings. The molecule has 5 nitrogen and oxygen atoms in total. The van der Waals surface area contributed by atoms with Gasteiger partial charge in [0.05, 0.1) is 13.2 Å². The number of aliphatic hydroxyl groups excluding tert-OH is 1. The SMILES string of the molecule is CON(C)C(=O)/C=C/[C@@H](C)[C@@H](O)[C@H](C)CO[Si](c1ccccc1)(c1ccccc1)C(C)(C)C. The lowest BCUT2D eigenvalue weighted by Crippen LogP contribution is -2.67. The molecule has 2 aromatic carbocycles. The van der Waals surface area contributed by atoms with E-state index in [2.05, 4.69) is 69.3 Å². The molecule has 0 radical (unpaired) electrons. The van der Waals surface area contributed by atoms with Crippen LogP contribution in [0.15, 0.2) is 72.8 Å². The van der Waals surface area contributed by atoms with E-state index in [9.17, 15) is 9.90 Å². The number of amides is 1. The minimum absolute atomic E-state index is 0.122. The molecule has 0 fully saturated rings. The molecule has 33 heavy (non-hydrogen) atoms. The summed E-state index contributed by atoms with van der Waals surface area (Å²) in [4.78, 5) is 16.9. The zero-order chi connectivity index (χ0) is 24.6. The average molecular weight is 470 g/mol. The number of carbonyl (C=O) groups excluding carboxylic acids is 1. The predicted molar refractivity (Wildman–Crippen MR) is 137 cm³/mol. The number of benzene rings is 2. The van der Waals surface area contributed by atoms with Gasteiger partial charge in [0, 0.05) is 31.6 Å². The Morgan fingerprint density at radius 3 is 1.94 bits per heavy atom. The first-order valence-corrected chi connectivity index (χ1v) is 13.4. The summed E-state index contributed by atoms with van der Waals surface area (Å²) in [5.74, 6) is -0.605. The Morgan fingerprint density at radius 2 is 1.52 bits per heavy atom. The summed E-state index contributed by atoms with van der Waals surface area (Å²) >= 11 is 0. The molecular formula is C27H39NO4Si. The van der Waals surface area contributed by atoms with Crippen molar-refractivity contribution in [1.82, 2.24) is 5.06 Å². The highest BCUT2D eigenvalue weighted by Gasteiger charge is 2.50. The molecule has 0 bridgehead atoms. The van der Waals surface area contributed by atoms with Crippen LogP contribution in [-0.4, -0.2) is 51.3 Å². The molecule has 0 saturated heterocycles. The van der Waals surface area contributed by atoms with Crippen molar-refractivity contribution in [2.75, 3.05) is 20.8 Å². The number of carbonyl (C=O) groups is 1. The Kier molecular flexibility index (Phi) is 9.61. The fourth-order valence-electron chi connectivity index (χ4n) is 4.18. The van der Waals surface area contributed by atoms with Gasteiger partial charge in [-0.2, -0.15) is 0 Å². The second-order valence-electron chi connectivity index (χ2n) is 9.68. The third-order valence-corrected chi connectivity index (χ3v) is 11.2. The van der Waals surface area contributed by atoms with Crippen molar-refractivity contribution in [2.24, 2.45) is 11.8 Å². The number of hydrogen-bond acceptors (Lipinski definition) is 4. The highest BCUT2D eigenvalue weighted by atomic mass is 28.4. The van der Waals surface area contributed by atoms with Gasteiger partial charge in [-0.15, -0.1) is 0 Å². The van der Waals surface area contributed by atoms with E-state index in [-0.39, 0.29) is 22.8 Å². The summed E-state index contributed by atoms with van der Waals surface area (Å²) in [5, 5.41) is 14.4. The van der Waals surface area contributed by atoms with Gasteiger partial charge in [0.1, 0.15) is 0 Å². The zero-order valence-electron chi connectivity index (χ0n) is 21.0. The third-order valence-electron chi connectivity index (χ3n) is 6.23. The molecule has 180 valence electrons. The molecule has 3 atom stereocenters. The second kappa shape index (κ2) is 11.7. The van der Waals surface area contributed by atoms with E-state index in [0.717, 1.165) is 5.06 Å². The highest BCUT2D eigenvalue weighted by Crippen LogP contribution is 2.37. The van der Waals surface area contributed by atoms with Crippen LogP contribution < -0.4 is 10.4 Å². The maximum Gasteiger partial charge on any atom is 0.269 e. The molecule has 2 rings (SSSR count). The molecule has 1 amide bonds. The van der Waals surface area contributed by atoms with Gasteiger partial charge in [-0.25, -0.2) is 5.06 Å². The number of hydroxylamine groups is 2. The molecule has 1 N–H and O–H groups in total. The van der Waals surface area contributed by atoms with Crippen molar-refractivity contribution in [2.45, 2.75) is 45.8 Å². The maximum absolute atomic E-state index is 12.0. The van der Waals surface area contributed by atoms with Crippen LogP contribution in [0.25, 0.3) is 0 Å². The molecule has 6 heteroatoms. The van der Waals surface area contributed by atoms with Crippen LogP contribution in [0, 0.1) is 11.8 Å². The van der Waals surface area contributed by atoms with Crippen molar-refractivity contribution < 1.29 is 19.2 Å². The zero-order valence-corrected chi connectivity index (χ0v) is 22.0. The summed E-state index contributed by atoms with van der Waals surface area (Å²) in [6.45, 7) is 11.0. The van der Waals surface area contributed by atoms with Crippen LogP contribution in [0.5, 0.6) is 0 Å². The topological polar surface area (TPSA) is 59.0 Å². The van der Waals surface area contributed by atoms with Crippen LogP contribution in [-0.2, 0) is 14.1 Å². The standard InChI is InChI=1S/C27H39NO4Si/c1-21(18-19-25(29)28(6)31-7)26(30)22(2)20-32-33(27(3,4)5,23-14-10-8-11-15-23)24-16-12-9-13-17-24/h8-19,21-22,26,30H,20H2,1-7H3/b19-18+/t21-,22-,26-/m1/s1. The van der Waals surface area contributed by atoms with E-state index in [4.69, 9.17) is 9.26 Å². The first-order chi connectivity index (χ1) is 15.5. The van der Waals surface area contributed by atoms with Crippen molar-refractivity contribution in [3.8, 4) is 0 Å².